The zero-order valence-electron chi connectivity index (χ0n) is 10.0. The number of anilines is 1. The quantitative estimate of drug-likeness (QED) is 0.858. The van der Waals surface area contributed by atoms with Gasteiger partial charge in [0.25, 0.3) is 0 Å². The fourth-order valence-electron chi connectivity index (χ4n) is 1.51. The predicted octanol–water partition coefficient (Wildman–Crippen LogP) is 0.635. The van der Waals surface area contributed by atoms with Crippen LogP contribution in [0.2, 0.25) is 0 Å². The maximum Gasteiger partial charge on any atom is 0.241 e. The van der Waals surface area contributed by atoms with E-state index in [0.717, 1.165) is 16.1 Å². The molecule has 0 heterocycles. The number of carbonyl (C=O) groups is 1. The number of hydrogen-bond acceptors (Lipinski definition) is 3. The SMILES string of the molecule is Cc1ccc(N([C@@H](C)C(N)=O)S(C)(=O)=O)cc1. The van der Waals surface area contributed by atoms with Crippen LogP contribution in [0, 0.1) is 6.92 Å². The van der Waals surface area contributed by atoms with E-state index in [-0.39, 0.29) is 0 Å². The van der Waals surface area contributed by atoms with Crippen molar-refractivity contribution in [1.82, 2.24) is 0 Å². The molecule has 94 valence electrons. The third-order valence-electron chi connectivity index (χ3n) is 2.41. The van der Waals surface area contributed by atoms with E-state index in [1.165, 1.54) is 6.92 Å². The maximum absolute atomic E-state index is 11.7. The van der Waals surface area contributed by atoms with Gasteiger partial charge in [0.05, 0.1) is 11.9 Å². The summed E-state index contributed by atoms with van der Waals surface area (Å²) in [5.74, 6) is -0.684. The van der Waals surface area contributed by atoms with Crippen LogP contribution < -0.4 is 10.0 Å². The lowest BCUT2D eigenvalue weighted by Gasteiger charge is -2.26. The van der Waals surface area contributed by atoms with Gasteiger partial charge in [0.2, 0.25) is 15.9 Å². The first-order valence-corrected chi connectivity index (χ1v) is 6.93. The van der Waals surface area contributed by atoms with E-state index >= 15 is 0 Å². The first kappa shape index (κ1) is 13.5. The topological polar surface area (TPSA) is 80.5 Å². The summed E-state index contributed by atoms with van der Waals surface area (Å²) in [6, 6.07) is 5.95. The third kappa shape index (κ3) is 3.20. The number of nitrogens with two attached hydrogens (primary N) is 1. The summed E-state index contributed by atoms with van der Waals surface area (Å²) < 4.78 is 24.4. The highest BCUT2D eigenvalue weighted by atomic mass is 32.2. The minimum Gasteiger partial charge on any atom is -0.368 e. The van der Waals surface area contributed by atoms with Crippen LogP contribution in [0.5, 0.6) is 0 Å². The molecule has 0 bridgehead atoms. The standard InChI is InChI=1S/C11H16N2O3S/c1-8-4-6-10(7-5-8)13(17(3,15)16)9(2)11(12)14/h4-7,9H,1-3H3,(H2,12,14)/t9-/m0/s1. The molecule has 1 rings (SSSR count). The van der Waals surface area contributed by atoms with Crippen molar-refractivity contribution in [3.63, 3.8) is 0 Å². The molecule has 0 radical (unpaired) electrons. The van der Waals surface area contributed by atoms with Crippen LogP contribution in [0.4, 0.5) is 5.69 Å². The summed E-state index contributed by atoms with van der Waals surface area (Å²) in [7, 11) is -3.54. The van der Waals surface area contributed by atoms with Gasteiger partial charge in [0.15, 0.2) is 0 Å². The first-order chi connectivity index (χ1) is 7.73. The van der Waals surface area contributed by atoms with E-state index in [1.54, 1.807) is 24.3 Å². The van der Waals surface area contributed by atoms with Gasteiger partial charge in [0, 0.05) is 0 Å². The number of primary amides is 1. The van der Waals surface area contributed by atoms with Crippen molar-refractivity contribution in [1.29, 1.82) is 0 Å². The van der Waals surface area contributed by atoms with Gasteiger partial charge in [0.1, 0.15) is 6.04 Å². The minimum atomic E-state index is -3.54. The Labute approximate surface area is 101 Å². The lowest BCUT2D eigenvalue weighted by molar-refractivity contribution is -0.118. The fourth-order valence-corrected chi connectivity index (χ4v) is 2.69. The van der Waals surface area contributed by atoms with Gasteiger partial charge in [-0.15, -0.1) is 0 Å². The molecule has 1 aromatic carbocycles. The van der Waals surface area contributed by atoms with Gasteiger partial charge in [-0.25, -0.2) is 8.42 Å². The molecule has 0 aromatic heterocycles. The van der Waals surface area contributed by atoms with Crippen LogP contribution in [0.3, 0.4) is 0 Å². The highest BCUT2D eigenvalue weighted by Gasteiger charge is 2.27. The Kier molecular flexibility index (Phi) is 3.77. The molecule has 1 aromatic rings. The fraction of sp³-hybridized carbons (Fsp3) is 0.364. The van der Waals surface area contributed by atoms with Crippen molar-refractivity contribution >= 4 is 21.6 Å². The molecular formula is C11H16N2O3S. The smallest absolute Gasteiger partial charge is 0.241 e. The van der Waals surface area contributed by atoms with Crippen LogP contribution in [-0.2, 0) is 14.8 Å². The van der Waals surface area contributed by atoms with E-state index in [9.17, 15) is 13.2 Å². The monoisotopic (exact) mass is 256 g/mol. The Morgan fingerprint density at radius 3 is 2.12 bits per heavy atom. The molecule has 0 unspecified atom stereocenters. The zero-order valence-corrected chi connectivity index (χ0v) is 10.9. The lowest BCUT2D eigenvalue weighted by Crippen LogP contribution is -2.45. The second-order valence-electron chi connectivity index (χ2n) is 3.97. The summed E-state index contributed by atoms with van der Waals surface area (Å²) >= 11 is 0. The molecule has 0 saturated heterocycles. The van der Waals surface area contributed by atoms with Crippen molar-refractivity contribution in [2.24, 2.45) is 5.73 Å². The third-order valence-corrected chi connectivity index (χ3v) is 3.65. The summed E-state index contributed by atoms with van der Waals surface area (Å²) in [5.41, 5.74) is 6.60. The number of aryl methyl sites for hydroxylation is 1. The van der Waals surface area contributed by atoms with Crippen LogP contribution >= 0.6 is 0 Å². The van der Waals surface area contributed by atoms with Crippen molar-refractivity contribution in [2.75, 3.05) is 10.6 Å². The second-order valence-corrected chi connectivity index (χ2v) is 5.83. The van der Waals surface area contributed by atoms with Crippen molar-refractivity contribution < 1.29 is 13.2 Å². The Balaban J connectivity index is 3.25. The second kappa shape index (κ2) is 4.75. The molecular weight excluding hydrogens is 240 g/mol. The summed E-state index contributed by atoms with van der Waals surface area (Å²) in [4.78, 5) is 11.1. The molecule has 2 N–H and O–H groups in total. The average molecular weight is 256 g/mol. The molecule has 0 aliphatic rings. The van der Waals surface area contributed by atoms with Crippen LogP contribution in [0.15, 0.2) is 24.3 Å². The molecule has 0 fully saturated rings. The van der Waals surface area contributed by atoms with Gasteiger partial charge in [-0.2, -0.15) is 0 Å². The summed E-state index contributed by atoms with van der Waals surface area (Å²) in [6.45, 7) is 3.36. The van der Waals surface area contributed by atoms with Gasteiger partial charge >= 0.3 is 0 Å². The number of carbonyl (C=O) groups excluding carboxylic acids is 1. The maximum atomic E-state index is 11.7. The number of rotatable bonds is 4. The average Bonchev–Trinajstić information content (AvgIpc) is 2.19. The van der Waals surface area contributed by atoms with E-state index < -0.39 is 22.0 Å². The molecule has 0 saturated carbocycles. The highest BCUT2D eigenvalue weighted by Crippen LogP contribution is 2.20. The predicted molar refractivity (Wildman–Crippen MR) is 67.2 cm³/mol. The Bertz CT molecular complexity index is 508. The highest BCUT2D eigenvalue weighted by molar-refractivity contribution is 7.92. The number of hydrogen-bond donors (Lipinski definition) is 1. The molecule has 5 nitrogen and oxygen atoms in total. The molecule has 0 aliphatic heterocycles. The minimum absolute atomic E-state index is 0.435. The van der Waals surface area contributed by atoms with Gasteiger partial charge in [-0.3, -0.25) is 9.10 Å². The molecule has 1 atom stereocenters. The van der Waals surface area contributed by atoms with E-state index in [1.807, 2.05) is 6.92 Å². The number of amides is 1. The van der Waals surface area contributed by atoms with E-state index in [4.69, 9.17) is 5.73 Å². The Hall–Kier alpha value is -1.56. The van der Waals surface area contributed by atoms with E-state index in [2.05, 4.69) is 0 Å². The molecule has 1 amide bonds. The van der Waals surface area contributed by atoms with Gasteiger partial charge < -0.3 is 5.73 Å². The Morgan fingerprint density at radius 1 is 1.29 bits per heavy atom. The van der Waals surface area contributed by atoms with Crippen molar-refractivity contribution in [2.45, 2.75) is 19.9 Å². The largest absolute Gasteiger partial charge is 0.368 e. The zero-order chi connectivity index (χ0) is 13.2. The van der Waals surface area contributed by atoms with Gasteiger partial charge in [-0.1, -0.05) is 17.7 Å². The molecule has 6 heteroatoms. The number of benzene rings is 1. The van der Waals surface area contributed by atoms with Crippen LogP contribution in [-0.4, -0.2) is 26.6 Å². The van der Waals surface area contributed by atoms with Crippen molar-refractivity contribution in [3.05, 3.63) is 29.8 Å². The summed E-state index contributed by atoms with van der Waals surface area (Å²) in [6.07, 6.45) is 1.05. The molecule has 17 heavy (non-hydrogen) atoms. The number of sulfonamides is 1. The molecule has 0 spiro atoms. The van der Waals surface area contributed by atoms with Gasteiger partial charge in [-0.05, 0) is 26.0 Å². The first-order valence-electron chi connectivity index (χ1n) is 5.09. The van der Waals surface area contributed by atoms with Crippen LogP contribution in [0.25, 0.3) is 0 Å². The van der Waals surface area contributed by atoms with Crippen molar-refractivity contribution in [3.8, 4) is 0 Å². The molecule has 0 aliphatic carbocycles. The normalized spacial score (nSPS) is 13.1. The Morgan fingerprint density at radius 2 is 1.76 bits per heavy atom. The lowest BCUT2D eigenvalue weighted by atomic mass is 10.2. The summed E-state index contributed by atoms with van der Waals surface area (Å²) in [5, 5.41) is 0. The van der Waals surface area contributed by atoms with Crippen LogP contribution in [0.1, 0.15) is 12.5 Å². The number of nitrogens with zero attached hydrogens (tertiary/aromatic N) is 1. The van der Waals surface area contributed by atoms with E-state index in [0.29, 0.717) is 5.69 Å².